The predicted molar refractivity (Wildman–Crippen MR) is 153 cm³/mol. The third-order valence-electron chi connectivity index (χ3n) is 7.37. The van der Waals surface area contributed by atoms with Crippen molar-refractivity contribution in [2.24, 2.45) is 0 Å². The number of benzene rings is 2. The summed E-state index contributed by atoms with van der Waals surface area (Å²) in [5, 5.41) is 4.76. The van der Waals surface area contributed by atoms with Crippen molar-refractivity contribution >= 4 is 35.1 Å². The molecule has 0 radical (unpaired) electrons. The average molecular weight is 527 g/mol. The number of ether oxygens (including phenoxy) is 2. The second-order valence-corrected chi connectivity index (χ2v) is 9.92. The number of halogens is 1. The number of anilines is 2. The fourth-order valence-corrected chi connectivity index (χ4v) is 5.21. The zero-order valence-electron chi connectivity index (χ0n) is 22.2. The molecule has 3 heterocycles. The van der Waals surface area contributed by atoms with E-state index in [0.717, 1.165) is 87.7 Å². The molecule has 2 aromatic carbocycles. The van der Waals surface area contributed by atoms with E-state index in [2.05, 4.69) is 57.4 Å². The van der Waals surface area contributed by atoms with E-state index >= 15 is 0 Å². The highest BCUT2D eigenvalue weighted by molar-refractivity contribution is 5.93. The van der Waals surface area contributed by atoms with Crippen LogP contribution in [0.4, 0.5) is 11.8 Å². The zero-order chi connectivity index (χ0) is 24.9. The molecule has 0 saturated carbocycles. The molecule has 2 aliphatic heterocycles. The number of hydrogen-bond acceptors (Lipinski definition) is 8. The van der Waals surface area contributed by atoms with Crippen LogP contribution in [0.5, 0.6) is 11.5 Å². The summed E-state index contributed by atoms with van der Waals surface area (Å²) in [6.45, 7) is 7.13. The lowest BCUT2D eigenvalue weighted by Crippen LogP contribution is -2.39. The van der Waals surface area contributed by atoms with Crippen LogP contribution in [0.25, 0.3) is 10.9 Å². The number of nitrogens with one attached hydrogen (secondary N) is 1. The second-order valence-electron chi connectivity index (χ2n) is 9.92. The van der Waals surface area contributed by atoms with Crippen molar-refractivity contribution < 1.29 is 9.47 Å². The van der Waals surface area contributed by atoms with Gasteiger partial charge >= 0.3 is 0 Å². The van der Waals surface area contributed by atoms with Crippen LogP contribution in [0.15, 0.2) is 42.5 Å². The van der Waals surface area contributed by atoms with E-state index in [-0.39, 0.29) is 12.4 Å². The van der Waals surface area contributed by atoms with Crippen molar-refractivity contribution in [2.75, 3.05) is 70.8 Å². The maximum atomic E-state index is 5.60. The van der Waals surface area contributed by atoms with Gasteiger partial charge in [0.1, 0.15) is 5.82 Å². The van der Waals surface area contributed by atoms with Crippen LogP contribution in [0.2, 0.25) is 0 Å². The fraction of sp³-hybridized carbons (Fsp3) is 0.500. The highest BCUT2D eigenvalue weighted by Gasteiger charge is 2.23. The summed E-state index contributed by atoms with van der Waals surface area (Å²) in [7, 11) is 5.51. The number of rotatable bonds is 7. The first-order valence-electron chi connectivity index (χ1n) is 13.0. The lowest BCUT2D eigenvalue weighted by molar-refractivity contribution is 0.211. The maximum Gasteiger partial charge on any atom is 0.227 e. The molecule has 0 atom stereocenters. The van der Waals surface area contributed by atoms with Gasteiger partial charge in [0.05, 0.1) is 19.7 Å². The predicted octanol–water partition coefficient (Wildman–Crippen LogP) is 4.29. The highest BCUT2D eigenvalue weighted by Crippen LogP contribution is 2.35. The Labute approximate surface area is 226 Å². The molecule has 0 bridgehead atoms. The summed E-state index contributed by atoms with van der Waals surface area (Å²) in [5.74, 6) is 3.05. The monoisotopic (exact) mass is 526 g/mol. The fourth-order valence-electron chi connectivity index (χ4n) is 5.21. The van der Waals surface area contributed by atoms with Gasteiger partial charge in [-0.3, -0.25) is 4.90 Å². The van der Waals surface area contributed by atoms with Crippen LogP contribution in [0, 0.1) is 0 Å². The molecule has 2 saturated heterocycles. The molecule has 0 amide bonds. The van der Waals surface area contributed by atoms with E-state index in [1.54, 1.807) is 14.2 Å². The molecule has 9 heteroatoms. The van der Waals surface area contributed by atoms with Crippen LogP contribution in [0.3, 0.4) is 0 Å². The van der Waals surface area contributed by atoms with Crippen LogP contribution >= 0.6 is 12.4 Å². The van der Waals surface area contributed by atoms with E-state index in [1.807, 2.05) is 12.1 Å². The van der Waals surface area contributed by atoms with Gasteiger partial charge in [0.15, 0.2) is 11.5 Å². The number of methoxy groups -OCH3 is 2. The van der Waals surface area contributed by atoms with Gasteiger partial charge in [-0.1, -0.05) is 30.3 Å². The Balaban J connectivity index is 0.00000320. The summed E-state index contributed by atoms with van der Waals surface area (Å²) >= 11 is 0. The maximum absolute atomic E-state index is 5.60. The average Bonchev–Trinajstić information content (AvgIpc) is 3.14. The number of nitrogens with zero attached hydrogens (tertiary/aromatic N) is 5. The van der Waals surface area contributed by atoms with Gasteiger partial charge in [-0.15, -0.1) is 12.4 Å². The van der Waals surface area contributed by atoms with Crippen molar-refractivity contribution in [3.63, 3.8) is 0 Å². The molecule has 0 unspecified atom stereocenters. The summed E-state index contributed by atoms with van der Waals surface area (Å²) < 4.78 is 11.2. The standard InChI is InChI=1S/C28H38N6O2.ClH/c1-32-12-7-13-34(17-16-32)28-30-24-19-26(36-3)25(35-2)18-23(24)27(31-28)29-22-10-14-33(15-11-22)20-21-8-5-4-6-9-21;/h4-6,8-9,18-19,22H,7,10-17,20H2,1-3H3,(H,29,30,31);1H. The molecule has 2 aliphatic rings. The van der Waals surface area contributed by atoms with Gasteiger partial charge < -0.3 is 24.6 Å². The Morgan fingerprint density at radius 1 is 0.892 bits per heavy atom. The molecule has 5 rings (SSSR count). The Kier molecular flexibility index (Phi) is 9.29. The minimum Gasteiger partial charge on any atom is -0.493 e. The Morgan fingerprint density at radius 3 is 2.35 bits per heavy atom. The Hall–Kier alpha value is -2.81. The van der Waals surface area contributed by atoms with Gasteiger partial charge in [0.2, 0.25) is 5.95 Å². The van der Waals surface area contributed by atoms with Crippen molar-refractivity contribution in [2.45, 2.75) is 31.8 Å². The zero-order valence-corrected chi connectivity index (χ0v) is 23.0. The molecule has 200 valence electrons. The lowest BCUT2D eigenvalue weighted by atomic mass is 10.0. The quantitative estimate of drug-likeness (QED) is 0.489. The van der Waals surface area contributed by atoms with E-state index in [9.17, 15) is 0 Å². The molecule has 0 spiro atoms. The molecule has 2 fully saturated rings. The number of likely N-dealkylation sites (tertiary alicyclic amines) is 1. The van der Waals surface area contributed by atoms with Crippen molar-refractivity contribution in [3.05, 3.63) is 48.0 Å². The summed E-state index contributed by atoms with van der Waals surface area (Å²) in [6, 6.07) is 15.1. The number of fused-ring (bicyclic) bond motifs is 1. The third-order valence-corrected chi connectivity index (χ3v) is 7.37. The molecule has 1 N–H and O–H groups in total. The van der Waals surface area contributed by atoms with Gasteiger partial charge in [-0.25, -0.2) is 4.98 Å². The smallest absolute Gasteiger partial charge is 0.227 e. The van der Waals surface area contributed by atoms with E-state index in [4.69, 9.17) is 19.4 Å². The first-order valence-corrected chi connectivity index (χ1v) is 13.0. The third kappa shape index (κ3) is 6.55. The molecular formula is C28H39ClN6O2. The Morgan fingerprint density at radius 2 is 1.62 bits per heavy atom. The van der Waals surface area contributed by atoms with Gasteiger partial charge in [0, 0.05) is 56.8 Å². The normalized spacial score (nSPS) is 17.8. The summed E-state index contributed by atoms with van der Waals surface area (Å²) in [5.41, 5.74) is 2.25. The minimum atomic E-state index is 0. The summed E-state index contributed by atoms with van der Waals surface area (Å²) in [4.78, 5) is 17.3. The van der Waals surface area contributed by atoms with Gasteiger partial charge in [-0.2, -0.15) is 4.98 Å². The van der Waals surface area contributed by atoms with Gasteiger partial charge in [-0.05, 0) is 44.5 Å². The van der Waals surface area contributed by atoms with Crippen molar-refractivity contribution in [1.29, 1.82) is 0 Å². The Bertz CT molecular complexity index is 1160. The molecule has 0 aliphatic carbocycles. The first kappa shape index (κ1) is 27.2. The minimum absolute atomic E-state index is 0. The van der Waals surface area contributed by atoms with Crippen molar-refractivity contribution in [1.82, 2.24) is 19.8 Å². The van der Waals surface area contributed by atoms with Crippen molar-refractivity contribution in [3.8, 4) is 11.5 Å². The first-order chi connectivity index (χ1) is 17.6. The summed E-state index contributed by atoms with van der Waals surface area (Å²) in [6.07, 6.45) is 3.26. The number of aromatic nitrogens is 2. The molecule has 8 nitrogen and oxygen atoms in total. The number of hydrogen-bond donors (Lipinski definition) is 1. The van der Waals surface area contributed by atoms with E-state index in [1.165, 1.54) is 5.56 Å². The molecule has 37 heavy (non-hydrogen) atoms. The number of piperidine rings is 1. The number of likely N-dealkylation sites (N-methyl/N-ethyl adjacent to an activating group) is 1. The topological polar surface area (TPSA) is 66.0 Å². The van der Waals surface area contributed by atoms with E-state index < -0.39 is 0 Å². The molecular weight excluding hydrogens is 488 g/mol. The van der Waals surface area contributed by atoms with Crippen LogP contribution in [-0.4, -0.2) is 86.3 Å². The second kappa shape index (κ2) is 12.6. The largest absolute Gasteiger partial charge is 0.493 e. The van der Waals surface area contributed by atoms with Crippen LogP contribution in [-0.2, 0) is 6.54 Å². The molecule has 1 aromatic heterocycles. The molecule has 3 aromatic rings. The highest BCUT2D eigenvalue weighted by atomic mass is 35.5. The van der Waals surface area contributed by atoms with Gasteiger partial charge in [0.25, 0.3) is 0 Å². The van der Waals surface area contributed by atoms with E-state index in [0.29, 0.717) is 17.5 Å². The van der Waals surface area contributed by atoms with Crippen LogP contribution in [0.1, 0.15) is 24.8 Å². The SMILES string of the molecule is COc1cc2nc(N3CCCN(C)CC3)nc(NC3CCN(Cc4ccccc4)CC3)c2cc1OC.Cl. The van der Waals surface area contributed by atoms with Crippen LogP contribution < -0.4 is 19.7 Å². The lowest BCUT2D eigenvalue weighted by Gasteiger charge is -2.33.